The molecule has 1 aliphatic heterocycles. The largest absolute Gasteiger partial charge is 0.334 e. The number of anilines is 1. The Morgan fingerprint density at radius 2 is 1.89 bits per heavy atom. The van der Waals surface area contributed by atoms with E-state index in [1.165, 1.54) is 0 Å². The maximum absolute atomic E-state index is 12.4. The van der Waals surface area contributed by atoms with Gasteiger partial charge in [0.2, 0.25) is 0 Å². The number of sulfonamides is 1. The summed E-state index contributed by atoms with van der Waals surface area (Å²) in [6.07, 6.45) is 0. The van der Waals surface area contributed by atoms with E-state index < -0.39 is 10.0 Å². The van der Waals surface area contributed by atoms with Crippen molar-refractivity contribution in [1.82, 2.24) is 20.4 Å². The number of hydrogen-bond acceptors (Lipinski definition) is 7. The molecule has 4 rings (SSSR count). The summed E-state index contributed by atoms with van der Waals surface area (Å²) in [7, 11) is -1.58. The van der Waals surface area contributed by atoms with Gasteiger partial charge in [-0.25, -0.2) is 8.42 Å². The highest BCUT2D eigenvalue weighted by Gasteiger charge is 2.25. The van der Waals surface area contributed by atoms with Crippen LogP contribution in [-0.2, 0) is 10.0 Å². The molecule has 1 saturated heterocycles. The summed E-state index contributed by atoms with van der Waals surface area (Å²) in [5.74, 6) is 1.05. The van der Waals surface area contributed by atoms with E-state index in [-0.39, 0.29) is 10.9 Å². The van der Waals surface area contributed by atoms with Crippen molar-refractivity contribution in [2.75, 3.05) is 31.4 Å². The van der Waals surface area contributed by atoms with E-state index >= 15 is 0 Å². The van der Waals surface area contributed by atoms with Gasteiger partial charge in [0.15, 0.2) is 5.82 Å². The molecule has 1 aliphatic rings. The molecule has 8 nitrogen and oxygen atoms in total. The van der Waals surface area contributed by atoms with Gasteiger partial charge in [0.1, 0.15) is 0 Å². The monoisotopic (exact) mass is 399 g/mol. The molecule has 1 atom stereocenters. The van der Waals surface area contributed by atoms with Crippen molar-refractivity contribution in [3.8, 4) is 11.5 Å². The average molecular weight is 399 g/mol. The molecule has 146 valence electrons. The number of benzene rings is 2. The lowest BCUT2D eigenvalue weighted by Crippen LogP contribution is -2.44. The molecular formula is C19H21N5O3S. The SMILES string of the molecule is CN1CCNCC1c1noc(-c2ccc(NS(=O)(=O)c3ccccc3)cc2)n1. The number of aromatic nitrogens is 2. The molecule has 0 aliphatic carbocycles. The zero-order chi connectivity index (χ0) is 19.6. The highest BCUT2D eigenvalue weighted by Crippen LogP contribution is 2.24. The molecule has 2 heterocycles. The second-order valence-electron chi connectivity index (χ2n) is 6.65. The Kier molecular flexibility index (Phi) is 5.12. The Bertz CT molecular complexity index is 1030. The molecule has 1 fully saturated rings. The Hall–Kier alpha value is -2.75. The normalized spacial score (nSPS) is 18.1. The van der Waals surface area contributed by atoms with Crippen LogP contribution in [0, 0.1) is 0 Å². The fourth-order valence-corrected chi connectivity index (χ4v) is 4.16. The average Bonchev–Trinajstić information content (AvgIpc) is 3.19. The van der Waals surface area contributed by atoms with Crippen molar-refractivity contribution in [2.45, 2.75) is 10.9 Å². The van der Waals surface area contributed by atoms with Gasteiger partial charge in [-0.15, -0.1) is 0 Å². The third-order valence-corrected chi connectivity index (χ3v) is 6.09. The molecule has 2 N–H and O–H groups in total. The van der Waals surface area contributed by atoms with Crippen LogP contribution in [0.1, 0.15) is 11.9 Å². The molecule has 9 heteroatoms. The summed E-state index contributed by atoms with van der Waals surface area (Å²) in [5.41, 5.74) is 1.19. The molecule has 1 aromatic heterocycles. The van der Waals surface area contributed by atoms with Gasteiger partial charge in [-0.3, -0.25) is 9.62 Å². The number of nitrogens with zero attached hydrogens (tertiary/aromatic N) is 3. The van der Waals surface area contributed by atoms with Gasteiger partial charge in [0.25, 0.3) is 15.9 Å². The van der Waals surface area contributed by atoms with E-state index in [1.54, 1.807) is 54.6 Å². The highest BCUT2D eigenvalue weighted by molar-refractivity contribution is 7.92. The summed E-state index contributed by atoms with van der Waals surface area (Å²) in [5, 5.41) is 7.44. The van der Waals surface area contributed by atoms with E-state index in [9.17, 15) is 8.42 Å². The lowest BCUT2D eigenvalue weighted by atomic mass is 10.2. The molecule has 2 aromatic carbocycles. The van der Waals surface area contributed by atoms with Gasteiger partial charge in [0.05, 0.1) is 10.9 Å². The van der Waals surface area contributed by atoms with E-state index in [1.807, 2.05) is 7.05 Å². The maximum Gasteiger partial charge on any atom is 0.261 e. The summed E-state index contributed by atoms with van der Waals surface area (Å²) >= 11 is 0. The van der Waals surface area contributed by atoms with Crippen molar-refractivity contribution in [1.29, 1.82) is 0 Å². The molecule has 0 saturated carbocycles. The fraction of sp³-hybridized carbons (Fsp3) is 0.263. The third-order valence-electron chi connectivity index (χ3n) is 4.69. The smallest absolute Gasteiger partial charge is 0.261 e. The molecule has 0 radical (unpaired) electrons. The molecule has 0 bridgehead atoms. The van der Waals surface area contributed by atoms with E-state index in [0.29, 0.717) is 17.4 Å². The third kappa shape index (κ3) is 3.91. The van der Waals surface area contributed by atoms with Gasteiger partial charge in [-0.05, 0) is 43.4 Å². The van der Waals surface area contributed by atoms with Crippen molar-refractivity contribution in [3.05, 3.63) is 60.4 Å². The summed E-state index contributed by atoms with van der Waals surface area (Å²) in [4.78, 5) is 6.91. The quantitative estimate of drug-likeness (QED) is 0.678. The lowest BCUT2D eigenvalue weighted by Gasteiger charge is -2.30. The van der Waals surface area contributed by atoms with Crippen LogP contribution in [0.4, 0.5) is 5.69 Å². The number of piperazine rings is 1. The van der Waals surface area contributed by atoms with Crippen molar-refractivity contribution < 1.29 is 12.9 Å². The molecule has 0 spiro atoms. The Balaban J connectivity index is 1.49. The number of hydrogen-bond donors (Lipinski definition) is 2. The minimum absolute atomic E-state index is 0.0724. The standard InChI is InChI=1S/C19H21N5O3S/c1-24-12-11-20-13-17(24)18-21-19(27-22-18)14-7-9-15(10-8-14)23-28(25,26)16-5-3-2-4-6-16/h2-10,17,20,23H,11-13H2,1H3. The van der Waals surface area contributed by atoms with Crippen LogP contribution in [0.3, 0.4) is 0 Å². The van der Waals surface area contributed by atoms with Gasteiger partial charge < -0.3 is 9.84 Å². The number of likely N-dealkylation sites (N-methyl/N-ethyl adjacent to an activating group) is 1. The summed E-state index contributed by atoms with van der Waals surface area (Å²) in [6.45, 7) is 2.64. The predicted octanol–water partition coefficient (Wildman–Crippen LogP) is 2.11. The Morgan fingerprint density at radius 1 is 1.14 bits per heavy atom. The van der Waals surface area contributed by atoms with Gasteiger partial charge >= 0.3 is 0 Å². The highest BCUT2D eigenvalue weighted by atomic mass is 32.2. The number of nitrogens with one attached hydrogen (secondary N) is 2. The number of rotatable bonds is 5. The van der Waals surface area contributed by atoms with E-state index in [4.69, 9.17) is 4.52 Å². The zero-order valence-electron chi connectivity index (χ0n) is 15.4. The second-order valence-corrected chi connectivity index (χ2v) is 8.34. The van der Waals surface area contributed by atoms with Crippen molar-refractivity contribution >= 4 is 15.7 Å². The van der Waals surface area contributed by atoms with Crippen LogP contribution < -0.4 is 10.0 Å². The molecule has 1 unspecified atom stereocenters. The fourth-order valence-electron chi connectivity index (χ4n) is 3.08. The first-order valence-corrected chi connectivity index (χ1v) is 10.4. The maximum atomic E-state index is 12.4. The van der Waals surface area contributed by atoms with Crippen LogP contribution >= 0.6 is 0 Å². The van der Waals surface area contributed by atoms with Gasteiger partial charge in [-0.2, -0.15) is 4.98 Å². The first kappa shape index (κ1) is 18.6. The summed E-state index contributed by atoms with van der Waals surface area (Å²) in [6, 6.07) is 15.2. The Labute approximate surface area is 163 Å². The van der Waals surface area contributed by atoms with Crippen LogP contribution in [0.2, 0.25) is 0 Å². The van der Waals surface area contributed by atoms with Crippen LogP contribution in [0.5, 0.6) is 0 Å². The molecule has 3 aromatic rings. The first-order chi connectivity index (χ1) is 13.5. The van der Waals surface area contributed by atoms with Crippen molar-refractivity contribution in [2.24, 2.45) is 0 Å². The molecular weight excluding hydrogens is 378 g/mol. The van der Waals surface area contributed by atoms with Crippen molar-refractivity contribution in [3.63, 3.8) is 0 Å². The summed E-state index contributed by atoms with van der Waals surface area (Å²) < 4.78 is 32.8. The van der Waals surface area contributed by atoms with E-state index in [0.717, 1.165) is 25.2 Å². The molecule has 0 amide bonds. The van der Waals surface area contributed by atoms with Crippen LogP contribution in [-0.4, -0.2) is 50.1 Å². The topological polar surface area (TPSA) is 100 Å². The van der Waals surface area contributed by atoms with Crippen LogP contribution in [0.25, 0.3) is 11.5 Å². The van der Waals surface area contributed by atoms with Gasteiger partial charge in [0, 0.05) is 30.9 Å². The minimum atomic E-state index is -3.62. The minimum Gasteiger partial charge on any atom is -0.334 e. The van der Waals surface area contributed by atoms with E-state index in [2.05, 4.69) is 25.1 Å². The van der Waals surface area contributed by atoms with Gasteiger partial charge in [-0.1, -0.05) is 23.4 Å². The lowest BCUT2D eigenvalue weighted by molar-refractivity contribution is 0.190. The van der Waals surface area contributed by atoms with Crippen LogP contribution in [0.15, 0.2) is 64.0 Å². The zero-order valence-corrected chi connectivity index (χ0v) is 16.2. The Morgan fingerprint density at radius 3 is 2.61 bits per heavy atom. The predicted molar refractivity (Wildman–Crippen MR) is 105 cm³/mol. The first-order valence-electron chi connectivity index (χ1n) is 8.96. The molecule has 28 heavy (non-hydrogen) atoms. The second kappa shape index (κ2) is 7.70.